The normalized spacial score (nSPS) is 11.8. The number of aryl methyl sites for hydroxylation is 1. The van der Waals surface area contributed by atoms with Crippen molar-refractivity contribution in [2.24, 2.45) is 0 Å². The molecule has 21 heavy (non-hydrogen) atoms. The third-order valence-corrected chi connectivity index (χ3v) is 3.38. The Balaban J connectivity index is 2.18. The summed E-state index contributed by atoms with van der Waals surface area (Å²) in [6.45, 7) is 1.86. The highest BCUT2D eigenvalue weighted by Crippen LogP contribution is 2.33. The van der Waals surface area contributed by atoms with E-state index >= 15 is 0 Å². The predicted octanol–water partition coefficient (Wildman–Crippen LogP) is 5.23. The van der Waals surface area contributed by atoms with Gasteiger partial charge >= 0.3 is 6.18 Å². The van der Waals surface area contributed by atoms with Crippen molar-refractivity contribution >= 4 is 10.9 Å². The molecule has 0 bridgehead atoms. The molecule has 0 unspecified atom stereocenters. The molecule has 0 aliphatic heterocycles. The molecule has 0 amide bonds. The maximum atomic E-state index is 12.8. The number of aromatic nitrogens is 1. The Labute approximate surface area is 120 Å². The summed E-state index contributed by atoms with van der Waals surface area (Å²) in [7, 11) is 0. The molecule has 0 atom stereocenters. The van der Waals surface area contributed by atoms with Gasteiger partial charge in [-0.3, -0.25) is 0 Å². The fourth-order valence-electron chi connectivity index (χ4n) is 2.36. The number of hydrogen-bond donors (Lipinski definition) is 0. The second-order valence-electron chi connectivity index (χ2n) is 4.93. The topological polar surface area (TPSA) is 12.9 Å². The number of nitrogens with zero attached hydrogens (tertiary/aromatic N) is 1. The Kier molecular flexibility index (Phi) is 3.16. The fraction of sp³-hybridized carbons (Fsp3) is 0.118. The first-order chi connectivity index (χ1) is 9.95. The summed E-state index contributed by atoms with van der Waals surface area (Å²) in [5, 5.41) is 0.978. The van der Waals surface area contributed by atoms with Crippen molar-refractivity contribution in [3.8, 4) is 11.3 Å². The van der Waals surface area contributed by atoms with Gasteiger partial charge in [0, 0.05) is 10.9 Å². The van der Waals surface area contributed by atoms with Gasteiger partial charge in [-0.05, 0) is 36.8 Å². The summed E-state index contributed by atoms with van der Waals surface area (Å²) in [5.41, 5.74) is 2.03. The monoisotopic (exact) mass is 287 g/mol. The second kappa shape index (κ2) is 4.88. The minimum absolute atomic E-state index is 0.480. The third kappa shape index (κ3) is 2.61. The van der Waals surface area contributed by atoms with Crippen molar-refractivity contribution in [3.63, 3.8) is 0 Å². The molecular formula is C17H12F3N. The molecular weight excluding hydrogens is 275 g/mol. The van der Waals surface area contributed by atoms with E-state index in [1.54, 1.807) is 6.07 Å². The number of halogens is 3. The Hall–Kier alpha value is -2.36. The number of alkyl halides is 3. The van der Waals surface area contributed by atoms with E-state index in [1.807, 2.05) is 37.3 Å². The molecule has 4 heteroatoms. The molecule has 0 saturated heterocycles. The van der Waals surface area contributed by atoms with Crippen LogP contribution in [0.2, 0.25) is 0 Å². The fourth-order valence-corrected chi connectivity index (χ4v) is 2.36. The van der Waals surface area contributed by atoms with Gasteiger partial charge in [0.05, 0.1) is 16.8 Å². The van der Waals surface area contributed by atoms with Gasteiger partial charge in [-0.2, -0.15) is 13.2 Å². The molecule has 0 fully saturated rings. The largest absolute Gasteiger partial charge is 0.416 e. The Morgan fingerprint density at radius 2 is 1.67 bits per heavy atom. The van der Waals surface area contributed by atoms with Crippen LogP contribution in [0.5, 0.6) is 0 Å². The van der Waals surface area contributed by atoms with Crippen LogP contribution in [0.25, 0.3) is 22.2 Å². The van der Waals surface area contributed by atoms with E-state index in [9.17, 15) is 13.2 Å². The van der Waals surface area contributed by atoms with Gasteiger partial charge in [0.15, 0.2) is 0 Å². The average molecular weight is 287 g/mol. The first-order valence-electron chi connectivity index (χ1n) is 6.49. The summed E-state index contributed by atoms with van der Waals surface area (Å²) >= 11 is 0. The molecule has 1 heterocycles. The van der Waals surface area contributed by atoms with Crippen LogP contribution >= 0.6 is 0 Å². The van der Waals surface area contributed by atoms with Crippen LogP contribution in [0.3, 0.4) is 0 Å². The van der Waals surface area contributed by atoms with E-state index in [2.05, 4.69) is 4.98 Å². The molecule has 1 nitrogen and oxygen atoms in total. The van der Waals surface area contributed by atoms with Gasteiger partial charge in [0.25, 0.3) is 0 Å². The van der Waals surface area contributed by atoms with Crippen molar-refractivity contribution in [2.45, 2.75) is 13.1 Å². The van der Waals surface area contributed by atoms with Crippen molar-refractivity contribution < 1.29 is 13.2 Å². The van der Waals surface area contributed by atoms with E-state index in [4.69, 9.17) is 0 Å². The van der Waals surface area contributed by atoms with Crippen molar-refractivity contribution in [1.29, 1.82) is 0 Å². The van der Waals surface area contributed by atoms with Crippen molar-refractivity contribution in [1.82, 2.24) is 4.98 Å². The van der Waals surface area contributed by atoms with Crippen LogP contribution in [0.4, 0.5) is 13.2 Å². The predicted molar refractivity (Wildman–Crippen MR) is 76.9 cm³/mol. The molecule has 2 aromatic carbocycles. The highest BCUT2D eigenvalue weighted by molar-refractivity contribution is 5.83. The number of benzene rings is 2. The number of rotatable bonds is 1. The van der Waals surface area contributed by atoms with Crippen LogP contribution in [-0.4, -0.2) is 4.98 Å². The number of hydrogen-bond acceptors (Lipinski definition) is 1. The highest BCUT2D eigenvalue weighted by Gasteiger charge is 2.30. The first kappa shape index (κ1) is 13.6. The van der Waals surface area contributed by atoms with E-state index in [-0.39, 0.29) is 0 Å². The third-order valence-electron chi connectivity index (χ3n) is 3.38. The number of para-hydroxylation sites is 1. The quantitative estimate of drug-likeness (QED) is 0.597. The summed E-state index contributed by atoms with van der Waals surface area (Å²) in [6, 6.07) is 14.8. The van der Waals surface area contributed by atoms with E-state index < -0.39 is 11.7 Å². The number of fused-ring (bicyclic) bond motifs is 1. The molecule has 106 valence electrons. The highest BCUT2D eigenvalue weighted by atomic mass is 19.4. The van der Waals surface area contributed by atoms with Crippen LogP contribution in [0, 0.1) is 6.92 Å². The SMILES string of the molecule is Cc1cc2ccccc2nc1-c1cccc(C(F)(F)F)c1. The minimum Gasteiger partial charge on any atom is -0.248 e. The zero-order valence-electron chi connectivity index (χ0n) is 11.3. The molecule has 0 aliphatic carbocycles. The zero-order chi connectivity index (χ0) is 15.0. The Bertz CT molecular complexity index is 806. The molecule has 3 aromatic rings. The summed E-state index contributed by atoms with van der Waals surface area (Å²) in [4.78, 5) is 4.50. The van der Waals surface area contributed by atoms with Gasteiger partial charge in [0.1, 0.15) is 0 Å². The van der Waals surface area contributed by atoms with Crippen LogP contribution < -0.4 is 0 Å². The lowest BCUT2D eigenvalue weighted by molar-refractivity contribution is -0.137. The molecule has 0 aliphatic rings. The van der Waals surface area contributed by atoms with Gasteiger partial charge in [0.2, 0.25) is 0 Å². The molecule has 0 spiro atoms. The smallest absolute Gasteiger partial charge is 0.248 e. The lowest BCUT2D eigenvalue weighted by Gasteiger charge is -2.11. The van der Waals surface area contributed by atoms with Gasteiger partial charge < -0.3 is 0 Å². The van der Waals surface area contributed by atoms with Crippen molar-refractivity contribution in [2.75, 3.05) is 0 Å². The second-order valence-corrected chi connectivity index (χ2v) is 4.93. The van der Waals surface area contributed by atoms with E-state index in [0.29, 0.717) is 11.3 Å². The molecule has 0 radical (unpaired) electrons. The summed E-state index contributed by atoms with van der Waals surface area (Å²) in [5.74, 6) is 0. The zero-order valence-corrected chi connectivity index (χ0v) is 11.3. The van der Waals surface area contributed by atoms with E-state index in [0.717, 1.165) is 28.6 Å². The summed E-state index contributed by atoms with van der Waals surface area (Å²) < 4.78 is 38.5. The van der Waals surface area contributed by atoms with Gasteiger partial charge in [-0.15, -0.1) is 0 Å². The molecule has 0 saturated carbocycles. The molecule has 0 N–H and O–H groups in total. The summed E-state index contributed by atoms with van der Waals surface area (Å²) in [6.07, 6.45) is -4.35. The standard InChI is InChI=1S/C17H12F3N/c1-11-9-12-5-2-3-8-15(12)21-16(11)13-6-4-7-14(10-13)17(18,19)20/h2-10H,1H3. The minimum atomic E-state index is -4.35. The molecule has 1 aromatic heterocycles. The van der Waals surface area contributed by atoms with Crippen LogP contribution in [-0.2, 0) is 6.18 Å². The van der Waals surface area contributed by atoms with Crippen molar-refractivity contribution in [3.05, 3.63) is 65.7 Å². The molecule has 3 rings (SSSR count). The van der Waals surface area contributed by atoms with Gasteiger partial charge in [-0.1, -0.05) is 30.3 Å². The van der Waals surface area contributed by atoms with Gasteiger partial charge in [-0.25, -0.2) is 4.98 Å². The maximum Gasteiger partial charge on any atom is 0.416 e. The van der Waals surface area contributed by atoms with Crippen LogP contribution in [0.15, 0.2) is 54.6 Å². The van der Waals surface area contributed by atoms with Crippen LogP contribution in [0.1, 0.15) is 11.1 Å². The van der Waals surface area contributed by atoms with E-state index in [1.165, 1.54) is 6.07 Å². The number of pyridine rings is 1. The maximum absolute atomic E-state index is 12.8. The lowest BCUT2D eigenvalue weighted by Crippen LogP contribution is -2.04. The average Bonchev–Trinajstić information content (AvgIpc) is 2.46. The Morgan fingerprint density at radius 3 is 2.43 bits per heavy atom. The Morgan fingerprint density at radius 1 is 0.905 bits per heavy atom. The first-order valence-corrected chi connectivity index (χ1v) is 6.49. The lowest BCUT2D eigenvalue weighted by atomic mass is 10.0.